The maximum Gasteiger partial charge on any atom is 0.332 e. The number of Topliss-reactive ketones (excluding diaryl/α,β-unsaturated/α-hetero) is 1. The minimum Gasteiger partial charge on any atom is -0.497 e. The Hall–Kier alpha value is -3.34. The maximum absolute atomic E-state index is 13.0. The van der Waals surface area contributed by atoms with Crippen molar-refractivity contribution in [2.75, 3.05) is 18.6 Å². The smallest absolute Gasteiger partial charge is 0.332 e. The lowest BCUT2D eigenvalue weighted by Crippen LogP contribution is -2.41. The molecule has 4 rings (SSSR count). The van der Waals surface area contributed by atoms with Crippen LogP contribution < -0.4 is 21.7 Å². The van der Waals surface area contributed by atoms with E-state index in [0.29, 0.717) is 5.16 Å². The molecule has 0 unspecified atom stereocenters. The second-order valence-electron chi connectivity index (χ2n) is 8.37. The van der Waals surface area contributed by atoms with Gasteiger partial charge in [0.2, 0.25) is 0 Å². The Kier molecular flexibility index (Phi) is 6.92. The molecule has 1 aliphatic carbocycles. The van der Waals surface area contributed by atoms with Crippen LogP contribution in [0, 0.1) is 0 Å². The summed E-state index contributed by atoms with van der Waals surface area (Å²) >= 11 is 1.22. The molecule has 3 aromatic rings. The van der Waals surface area contributed by atoms with Crippen LogP contribution in [0.5, 0.6) is 5.75 Å². The predicted octanol–water partition coefficient (Wildman–Crippen LogP) is 2.41. The minimum absolute atomic E-state index is 0.0505. The molecule has 34 heavy (non-hydrogen) atoms. The zero-order valence-electron chi connectivity index (χ0n) is 19.5. The van der Waals surface area contributed by atoms with Crippen LogP contribution in [0.25, 0.3) is 11.4 Å². The van der Waals surface area contributed by atoms with Crippen molar-refractivity contribution in [3.63, 3.8) is 0 Å². The van der Waals surface area contributed by atoms with Gasteiger partial charge in [-0.2, -0.15) is 0 Å². The molecule has 1 aromatic carbocycles. The van der Waals surface area contributed by atoms with Gasteiger partial charge in [0.1, 0.15) is 17.1 Å². The fourth-order valence-corrected chi connectivity index (χ4v) is 5.18. The van der Waals surface area contributed by atoms with Crippen LogP contribution in [0.2, 0.25) is 0 Å². The van der Waals surface area contributed by atoms with Crippen molar-refractivity contribution in [3.05, 3.63) is 50.7 Å². The molecule has 0 aliphatic heterocycles. The lowest BCUT2D eigenvalue weighted by atomic mass is 9.95. The van der Waals surface area contributed by atoms with Crippen molar-refractivity contribution in [1.29, 1.82) is 0 Å². The molecule has 0 radical (unpaired) electrons. The molecule has 1 saturated carbocycles. The first-order valence-electron chi connectivity index (χ1n) is 11.1. The summed E-state index contributed by atoms with van der Waals surface area (Å²) in [6.07, 6.45) is 5.47. The van der Waals surface area contributed by atoms with E-state index >= 15 is 0 Å². The minimum atomic E-state index is -0.695. The Morgan fingerprint density at radius 2 is 1.76 bits per heavy atom. The Morgan fingerprint density at radius 3 is 2.41 bits per heavy atom. The largest absolute Gasteiger partial charge is 0.497 e. The van der Waals surface area contributed by atoms with Gasteiger partial charge in [-0.15, -0.1) is 10.2 Å². The lowest BCUT2D eigenvalue weighted by Gasteiger charge is -2.25. The highest BCUT2D eigenvalue weighted by molar-refractivity contribution is 7.99. The number of ketones is 1. The quantitative estimate of drug-likeness (QED) is 0.400. The average Bonchev–Trinajstić information content (AvgIpc) is 3.29. The fraction of sp³-hybridized carbons (Fsp3) is 0.435. The molecule has 11 heteroatoms. The molecule has 1 fully saturated rings. The standard InChI is InChI=1S/C23H28N6O4S/c1-27-19(24)18(21(31)28(2)23(27)32)17(30)13-34-22-26-25-20(14-9-11-16(33-3)12-10-14)29(22)15-7-5-4-6-8-15/h9-12,15H,4-8,13,24H2,1-3H3. The first-order chi connectivity index (χ1) is 16.3. The molecular weight excluding hydrogens is 456 g/mol. The number of anilines is 1. The Balaban J connectivity index is 1.66. The number of carbonyl (C=O) groups excluding carboxylic acids is 1. The summed E-state index contributed by atoms with van der Waals surface area (Å²) in [6.45, 7) is 0. The summed E-state index contributed by atoms with van der Waals surface area (Å²) in [5.74, 6) is 0.853. The van der Waals surface area contributed by atoms with Crippen molar-refractivity contribution >= 4 is 23.4 Å². The van der Waals surface area contributed by atoms with E-state index in [1.54, 1.807) is 7.11 Å². The number of carbonyl (C=O) groups is 1. The van der Waals surface area contributed by atoms with E-state index in [4.69, 9.17) is 10.5 Å². The Labute approximate surface area is 200 Å². The number of hydrogen-bond donors (Lipinski definition) is 1. The van der Waals surface area contributed by atoms with Crippen LogP contribution in [0.15, 0.2) is 39.0 Å². The number of thioether (sulfide) groups is 1. The van der Waals surface area contributed by atoms with Crippen LogP contribution in [-0.4, -0.2) is 42.5 Å². The molecule has 0 bridgehead atoms. The second kappa shape index (κ2) is 9.88. The second-order valence-corrected chi connectivity index (χ2v) is 9.32. The molecule has 0 amide bonds. The molecular formula is C23H28N6O4S. The number of nitrogens with zero attached hydrogens (tertiary/aromatic N) is 5. The number of nitrogens with two attached hydrogens (primary N) is 1. The van der Waals surface area contributed by atoms with E-state index in [1.807, 2.05) is 24.3 Å². The lowest BCUT2D eigenvalue weighted by molar-refractivity contribution is 0.102. The SMILES string of the molecule is COc1ccc(-c2nnc(SCC(=O)c3c(N)n(C)c(=O)n(C)c3=O)n2C2CCCCC2)cc1. The third-order valence-corrected chi connectivity index (χ3v) is 7.22. The summed E-state index contributed by atoms with van der Waals surface area (Å²) in [4.78, 5) is 37.6. The monoisotopic (exact) mass is 484 g/mol. The number of methoxy groups -OCH3 is 1. The van der Waals surface area contributed by atoms with E-state index in [1.165, 1.54) is 32.3 Å². The molecule has 10 nitrogen and oxygen atoms in total. The first kappa shape index (κ1) is 23.8. The van der Waals surface area contributed by atoms with Gasteiger partial charge in [0.25, 0.3) is 5.56 Å². The molecule has 0 saturated heterocycles. The van der Waals surface area contributed by atoms with Crippen molar-refractivity contribution < 1.29 is 9.53 Å². The molecule has 1 aliphatic rings. The van der Waals surface area contributed by atoms with Crippen LogP contribution in [0.3, 0.4) is 0 Å². The number of nitrogen functional groups attached to an aromatic ring is 1. The zero-order chi connectivity index (χ0) is 24.4. The number of rotatable bonds is 7. The van der Waals surface area contributed by atoms with Crippen molar-refractivity contribution in [2.24, 2.45) is 14.1 Å². The summed E-state index contributed by atoms with van der Waals surface area (Å²) in [6, 6.07) is 7.87. The van der Waals surface area contributed by atoms with Gasteiger partial charge < -0.3 is 10.5 Å². The highest BCUT2D eigenvalue weighted by Crippen LogP contribution is 2.36. The Morgan fingerprint density at radius 1 is 1.09 bits per heavy atom. The summed E-state index contributed by atoms with van der Waals surface area (Å²) in [5.41, 5.74) is 5.40. The van der Waals surface area contributed by atoms with Gasteiger partial charge in [-0.25, -0.2) is 4.79 Å². The number of aromatic nitrogens is 5. The van der Waals surface area contributed by atoms with Gasteiger partial charge in [-0.05, 0) is 37.1 Å². The van der Waals surface area contributed by atoms with Gasteiger partial charge >= 0.3 is 5.69 Å². The van der Waals surface area contributed by atoms with E-state index < -0.39 is 17.0 Å². The van der Waals surface area contributed by atoms with E-state index in [9.17, 15) is 14.4 Å². The van der Waals surface area contributed by atoms with Gasteiger partial charge in [0.15, 0.2) is 16.8 Å². The van der Waals surface area contributed by atoms with Gasteiger partial charge in [-0.1, -0.05) is 31.0 Å². The third-order valence-electron chi connectivity index (χ3n) is 6.27. The fourth-order valence-electron chi connectivity index (χ4n) is 4.31. The van der Waals surface area contributed by atoms with Crippen LogP contribution in [0.1, 0.15) is 48.5 Å². The highest BCUT2D eigenvalue weighted by atomic mass is 32.2. The molecule has 180 valence electrons. The summed E-state index contributed by atoms with van der Waals surface area (Å²) < 4.78 is 9.37. The van der Waals surface area contributed by atoms with E-state index in [0.717, 1.165) is 52.0 Å². The third kappa shape index (κ3) is 4.39. The van der Waals surface area contributed by atoms with Gasteiger partial charge in [-0.3, -0.25) is 23.3 Å². The molecule has 2 N–H and O–H groups in total. The van der Waals surface area contributed by atoms with E-state index in [-0.39, 0.29) is 23.2 Å². The normalized spacial score (nSPS) is 14.3. The van der Waals surface area contributed by atoms with Crippen LogP contribution >= 0.6 is 11.8 Å². The topological polar surface area (TPSA) is 127 Å². The molecule has 2 heterocycles. The Bertz CT molecular complexity index is 1320. The average molecular weight is 485 g/mol. The van der Waals surface area contributed by atoms with Crippen LogP contribution in [0.4, 0.5) is 5.82 Å². The number of hydrogen-bond acceptors (Lipinski definition) is 8. The summed E-state index contributed by atoms with van der Waals surface area (Å²) in [7, 11) is 4.38. The van der Waals surface area contributed by atoms with Gasteiger partial charge in [0.05, 0.1) is 12.9 Å². The van der Waals surface area contributed by atoms with E-state index in [2.05, 4.69) is 14.8 Å². The molecule has 0 atom stereocenters. The molecule has 2 aromatic heterocycles. The molecule has 0 spiro atoms. The maximum atomic E-state index is 13.0. The highest BCUT2D eigenvalue weighted by Gasteiger charge is 2.26. The van der Waals surface area contributed by atoms with Crippen molar-refractivity contribution in [1.82, 2.24) is 23.9 Å². The van der Waals surface area contributed by atoms with Crippen LogP contribution in [-0.2, 0) is 14.1 Å². The van der Waals surface area contributed by atoms with Crippen molar-refractivity contribution in [2.45, 2.75) is 43.3 Å². The predicted molar refractivity (Wildman–Crippen MR) is 131 cm³/mol. The number of ether oxygens (including phenoxy) is 1. The number of benzene rings is 1. The summed E-state index contributed by atoms with van der Waals surface area (Å²) in [5, 5.41) is 9.46. The zero-order valence-corrected chi connectivity index (χ0v) is 20.3. The first-order valence-corrected chi connectivity index (χ1v) is 12.1. The van der Waals surface area contributed by atoms with Crippen molar-refractivity contribution in [3.8, 4) is 17.1 Å². The van der Waals surface area contributed by atoms with Gasteiger partial charge in [0, 0.05) is 25.7 Å².